The van der Waals surface area contributed by atoms with E-state index in [9.17, 15) is 0 Å². The molecule has 11 heavy (non-hydrogen) atoms. The second kappa shape index (κ2) is 3.09. The molecule has 2 rings (SSSR count). The predicted molar refractivity (Wildman–Crippen MR) is 44.1 cm³/mol. The van der Waals surface area contributed by atoms with Gasteiger partial charge in [-0.2, -0.15) is 0 Å². The molecule has 1 aliphatic rings. The van der Waals surface area contributed by atoms with Gasteiger partial charge < -0.3 is 0 Å². The van der Waals surface area contributed by atoms with Crippen molar-refractivity contribution in [2.24, 2.45) is 0 Å². The van der Waals surface area contributed by atoms with Gasteiger partial charge in [0.05, 0.1) is 0 Å². The predicted octanol–water partition coefficient (Wildman–Crippen LogP) is 2.99. The summed E-state index contributed by atoms with van der Waals surface area (Å²) >= 11 is -0.0383. The summed E-state index contributed by atoms with van der Waals surface area (Å²) in [5.41, 5.74) is 2.74. The summed E-state index contributed by atoms with van der Waals surface area (Å²) in [6, 6.07) is 8.44. The Morgan fingerprint density at radius 3 is 2.91 bits per heavy atom. The summed E-state index contributed by atoms with van der Waals surface area (Å²) in [6.45, 7) is 0. The summed E-state index contributed by atoms with van der Waals surface area (Å²) in [4.78, 5) is 0. The number of fused-ring (bicyclic) bond motifs is 1. The quantitative estimate of drug-likeness (QED) is 0.673. The molecule has 0 spiro atoms. The SMILES string of the molecule is [Cl][Ru][CH]1C=Cc2ccccc21. The molecule has 0 saturated heterocycles. The number of halogens is 1. The number of benzene rings is 1. The molecule has 1 aromatic rings. The molecule has 0 heterocycles. The molecule has 1 unspecified atom stereocenters. The molecule has 0 fully saturated rings. The van der Waals surface area contributed by atoms with Gasteiger partial charge in [-0.05, 0) is 0 Å². The number of allylic oxidation sites excluding steroid dienone is 1. The van der Waals surface area contributed by atoms with Gasteiger partial charge in [-0.25, -0.2) is 0 Å². The van der Waals surface area contributed by atoms with Crippen LogP contribution in [0.1, 0.15) is 15.6 Å². The van der Waals surface area contributed by atoms with Gasteiger partial charge in [0.2, 0.25) is 0 Å². The molecule has 0 nitrogen and oxygen atoms in total. The molecule has 1 aliphatic carbocycles. The average molecular weight is 252 g/mol. The Bertz CT molecular complexity index is 293. The van der Waals surface area contributed by atoms with Crippen molar-refractivity contribution in [2.75, 3.05) is 0 Å². The molecule has 58 valence electrons. The second-order valence-electron chi connectivity index (χ2n) is 2.45. The third-order valence-corrected chi connectivity index (χ3v) is 4.08. The average Bonchev–Trinajstić information content (AvgIpc) is 2.47. The molecule has 0 aromatic heterocycles. The minimum absolute atomic E-state index is 0.0383. The normalized spacial score (nSPS) is 20.6. The zero-order valence-corrected chi connectivity index (χ0v) is 8.27. The van der Waals surface area contributed by atoms with Gasteiger partial charge in [0.1, 0.15) is 0 Å². The monoisotopic (exact) mass is 252 g/mol. The van der Waals surface area contributed by atoms with Crippen LogP contribution in [0.25, 0.3) is 6.08 Å². The molecule has 0 saturated carbocycles. The molecule has 1 aromatic carbocycles. The van der Waals surface area contributed by atoms with Crippen molar-refractivity contribution in [1.29, 1.82) is 0 Å². The first-order valence-electron chi connectivity index (χ1n) is 3.41. The van der Waals surface area contributed by atoms with Crippen LogP contribution in [-0.2, 0) is 16.1 Å². The van der Waals surface area contributed by atoms with Gasteiger partial charge >= 0.3 is 77.9 Å². The van der Waals surface area contributed by atoms with Crippen molar-refractivity contribution in [3.63, 3.8) is 0 Å². The summed E-state index contributed by atoms with van der Waals surface area (Å²) in [6.07, 6.45) is 4.37. The Morgan fingerprint density at radius 2 is 2.09 bits per heavy atom. The Balaban J connectivity index is 2.46. The first-order chi connectivity index (χ1) is 5.42. The maximum absolute atomic E-state index is 5.87. The van der Waals surface area contributed by atoms with E-state index in [1.54, 1.807) is 0 Å². The van der Waals surface area contributed by atoms with Crippen molar-refractivity contribution in [3.05, 3.63) is 41.5 Å². The third kappa shape index (κ3) is 1.28. The van der Waals surface area contributed by atoms with E-state index in [1.165, 1.54) is 11.1 Å². The van der Waals surface area contributed by atoms with E-state index in [1.807, 2.05) is 0 Å². The summed E-state index contributed by atoms with van der Waals surface area (Å²) < 4.78 is 0.528. The van der Waals surface area contributed by atoms with E-state index in [2.05, 4.69) is 36.4 Å². The molecule has 1 atom stereocenters. The Labute approximate surface area is 77.9 Å². The van der Waals surface area contributed by atoms with Crippen LogP contribution in [0, 0.1) is 0 Å². The van der Waals surface area contributed by atoms with Gasteiger partial charge in [-0.3, -0.25) is 0 Å². The molecular formula is C9H7ClRu. The van der Waals surface area contributed by atoms with Crippen LogP contribution in [0.4, 0.5) is 0 Å². The van der Waals surface area contributed by atoms with E-state index in [0.29, 0.717) is 4.51 Å². The van der Waals surface area contributed by atoms with Crippen LogP contribution >= 0.6 is 9.69 Å². The fraction of sp³-hybridized carbons (Fsp3) is 0.111. The number of rotatable bonds is 1. The summed E-state index contributed by atoms with van der Waals surface area (Å²) in [5, 5.41) is 0. The van der Waals surface area contributed by atoms with Crippen LogP contribution < -0.4 is 0 Å². The van der Waals surface area contributed by atoms with E-state index in [-0.39, 0.29) is 16.1 Å². The van der Waals surface area contributed by atoms with E-state index in [4.69, 9.17) is 9.69 Å². The van der Waals surface area contributed by atoms with Gasteiger partial charge in [-0.1, -0.05) is 0 Å². The summed E-state index contributed by atoms with van der Waals surface area (Å²) in [5.74, 6) is 0. The van der Waals surface area contributed by atoms with Gasteiger partial charge in [0.25, 0.3) is 0 Å². The van der Waals surface area contributed by atoms with Gasteiger partial charge in [0.15, 0.2) is 0 Å². The van der Waals surface area contributed by atoms with Crippen LogP contribution in [-0.4, -0.2) is 0 Å². The third-order valence-electron chi connectivity index (χ3n) is 1.81. The van der Waals surface area contributed by atoms with Gasteiger partial charge in [-0.15, -0.1) is 0 Å². The Morgan fingerprint density at radius 1 is 1.27 bits per heavy atom. The fourth-order valence-corrected chi connectivity index (χ4v) is 3.02. The first kappa shape index (κ1) is 7.52. The minimum atomic E-state index is -0.0383. The van der Waals surface area contributed by atoms with Crippen molar-refractivity contribution in [2.45, 2.75) is 4.51 Å². The van der Waals surface area contributed by atoms with E-state index >= 15 is 0 Å². The maximum atomic E-state index is 5.87. The van der Waals surface area contributed by atoms with Crippen molar-refractivity contribution < 1.29 is 16.1 Å². The zero-order chi connectivity index (χ0) is 7.68. The Kier molecular flexibility index (Phi) is 2.11. The summed E-state index contributed by atoms with van der Waals surface area (Å²) in [7, 11) is 5.87. The van der Waals surface area contributed by atoms with Crippen molar-refractivity contribution >= 4 is 15.8 Å². The van der Waals surface area contributed by atoms with Crippen LogP contribution in [0.2, 0.25) is 0 Å². The molecule has 0 amide bonds. The molecule has 0 bridgehead atoms. The van der Waals surface area contributed by atoms with Crippen molar-refractivity contribution in [3.8, 4) is 0 Å². The molecule has 2 heteroatoms. The first-order valence-corrected chi connectivity index (χ1v) is 6.65. The topological polar surface area (TPSA) is 0 Å². The van der Waals surface area contributed by atoms with Crippen LogP contribution in [0.15, 0.2) is 30.3 Å². The van der Waals surface area contributed by atoms with E-state index < -0.39 is 0 Å². The molecule has 0 N–H and O–H groups in total. The fourth-order valence-electron chi connectivity index (χ4n) is 1.26. The van der Waals surface area contributed by atoms with E-state index in [0.717, 1.165) is 0 Å². The van der Waals surface area contributed by atoms with Crippen LogP contribution in [0.5, 0.6) is 0 Å². The molecule has 0 aliphatic heterocycles. The number of hydrogen-bond donors (Lipinski definition) is 0. The van der Waals surface area contributed by atoms with Crippen molar-refractivity contribution in [1.82, 2.24) is 0 Å². The number of hydrogen-bond acceptors (Lipinski definition) is 0. The molecule has 0 radical (unpaired) electrons. The van der Waals surface area contributed by atoms with Crippen LogP contribution in [0.3, 0.4) is 0 Å². The molecular weight excluding hydrogens is 245 g/mol. The zero-order valence-electron chi connectivity index (χ0n) is 5.77. The second-order valence-corrected chi connectivity index (χ2v) is 4.83. The van der Waals surface area contributed by atoms with Gasteiger partial charge in [0, 0.05) is 0 Å². The standard InChI is InChI=1S/C9H7.ClH.Ru/c1-2-5-9-7-3-6-8(9)4-1;;/h1-7H;1H;/q;;+1/p-1. The Hall–Kier alpha value is -0.127.